The molecule has 4 heterocycles. The number of aromatic amines is 1. The number of ether oxygens (including phenoxy) is 6. The number of nitrogens with zero attached hydrogens (tertiary/aromatic N) is 5. The number of carboxylic acids is 1. The van der Waals surface area contributed by atoms with Crippen molar-refractivity contribution in [3.8, 4) is 22.5 Å². The molecule has 5 N–H and O–H groups in total. The summed E-state index contributed by atoms with van der Waals surface area (Å²) in [6.45, 7) is 18.8. The monoisotopic (exact) mass is 1390 g/mol. The number of allylic oxidation sites excluding steroid dienone is 6. The standard InChI is InChI=1S/C53H83NO14.C24H29N5O3/c1-32-16-12-11-13-17-33(2)44(63-8)30-40-21-19-38(7)53(62,68-40)50(59)51(60)54-23-15-14-18-41(54)52(61)67-45(35(4)28-39-20-22-43(66-25-24-55)46(29-39)64-9)31-42(56)34(3)27-37(6)48(58)49(65-10)47(57)36(5)26-32;1-4-5-10-21(30)29(22(16(2)3)24(31)32)15-17-11-13-18(14-12-17)19-8-6-7-9-20(19)23-25-27-28-26-23/h11-13,16-17,27,32,34-36,38-41,43-46,48-49,55,58,62H,14-15,18-26,28-31H2,1-10H3;6-9,11-14,16,22H,4-5,10,15H2,1-3H3,(H,31,32)(H,25,26,27,28)/b13-11+,16-12-,33-17+,37-27+;/t32-,34-,35-,36-,38-,39+,40+,41+,43-,44+,45+,46-,48-,49+,53-;22-/m10/s1. The van der Waals surface area contributed by atoms with E-state index in [1.807, 2.05) is 127 Å². The first-order chi connectivity index (χ1) is 47.7. The number of piperidine rings is 1. The number of benzene rings is 2. The number of aliphatic hydroxyl groups is 3. The summed E-state index contributed by atoms with van der Waals surface area (Å²) in [5, 5.41) is 56.8. The summed E-state index contributed by atoms with van der Waals surface area (Å²) in [4.78, 5) is 98.4. The highest BCUT2D eigenvalue weighted by atomic mass is 16.6. The molecule has 23 nitrogen and oxygen atoms in total. The van der Waals surface area contributed by atoms with E-state index in [1.54, 1.807) is 41.1 Å². The zero-order valence-electron chi connectivity index (χ0n) is 61.1. The highest BCUT2D eigenvalue weighted by molar-refractivity contribution is 6.39. The molecule has 23 heteroatoms. The number of H-pyrrole nitrogens is 1. The number of hydrogen-bond acceptors (Lipinski definition) is 19. The maximum atomic E-state index is 14.5. The number of nitrogens with one attached hydrogen (secondary N) is 1. The van der Waals surface area contributed by atoms with Crippen molar-refractivity contribution in [1.29, 1.82) is 0 Å². The van der Waals surface area contributed by atoms with Gasteiger partial charge in [-0.3, -0.25) is 24.0 Å². The molecule has 1 saturated carbocycles. The van der Waals surface area contributed by atoms with E-state index in [1.165, 1.54) is 16.9 Å². The lowest BCUT2D eigenvalue weighted by Crippen LogP contribution is -2.61. The quantitative estimate of drug-likeness (QED) is 0.0423. The molecule has 1 aliphatic carbocycles. The van der Waals surface area contributed by atoms with Crippen molar-refractivity contribution < 1.29 is 82.4 Å². The highest BCUT2D eigenvalue weighted by Gasteiger charge is 2.53. The number of amides is 2. The number of aromatic nitrogens is 4. The van der Waals surface area contributed by atoms with Gasteiger partial charge in [-0.15, -0.1) is 10.2 Å². The van der Waals surface area contributed by atoms with E-state index < -0.39 is 89.8 Å². The van der Waals surface area contributed by atoms with Crippen molar-refractivity contribution in [2.45, 2.75) is 233 Å². The van der Waals surface area contributed by atoms with Gasteiger partial charge in [0.05, 0.1) is 37.6 Å². The summed E-state index contributed by atoms with van der Waals surface area (Å²) in [6.07, 6.45) is 14.0. The molecule has 3 aliphatic heterocycles. The van der Waals surface area contributed by atoms with Gasteiger partial charge in [-0.25, -0.2) is 9.59 Å². The van der Waals surface area contributed by atoms with Crippen LogP contribution in [0.15, 0.2) is 96.1 Å². The zero-order chi connectivity index (χ0) is 73.4. The molecular formula is C77H112N6O17. The van der Waals surface area contributed by atoms with E-state index >= 15 is 0 Å². The lowest BCUT2D eigenvalue weighted by atomic mass is 9.78. The first kappa shape index (κ1) is 82.0. The average molecular weight is 1390 g/mol. The van der Waals surface area contributed by atoms with Gasteiger partial charge in [-0.2, -0.15) is 5.21 Å². The van der Waals surface area contributed by atoms with Gasteiger partial charge >= 0.3 is 11.9 Å². The fraction of sp³-hybridized carbons (Fsp3) is 0.636. The number of carbonyl (C=O) groups excluding carboxylic acids is 6. The van der Waals surface area contributed by atoms with Gasteiger partial charge in [-0.05, 0) is 141 Å². The van der Waals surface area contributed by atoms with Crippen molar-refractivity contribution in [2.75, 3.05) is 41.1 Å². The smallest absolute Gasteiger partial charge is 0.329 e. The van der Waals surface area contributed by atoms with Gasteiger partial charge in [0.25, 0.3) is 11.7 Å². The van der Waals surface area contributed by atoms with E-state index in [0.29, 0.717) is 75.6 Å². The molecule has 4 aliphatic rings. The number of methoxy groups -OCH3 is 3. The second kappa shape index (κ2) is 40.0. The predicted octanol–water partition coefficient (Wildman–Crippen LogP) is 10.4. The van der Waals surface area contributed by atoms with E-state index in [9.17, 15) is 54.0 Å². The second-order valence-electron chi connectivity index (χ2n) is 28.3. The van der Waals surface area contributed by atoms with Crippen LogP contribution in [0, 0.1) is 41.4 Å². The number of cyclic esters (lactones) is 1. The second-order valence-corrected chi connectivity index (χ2v) is 28.3. The van der Waals surface area contributed by atoms with Crippen LogP contribution in [0.2, 0.25) is 0 Å². The van der Waals surface area contributed by atoms with Crippen LogP contribution in [0.1, 0.15) is 171 Å². The number of hydrogen-bond donors (Lipinski definition) is 5. The molecule has 2 saturated heterocycles. The van der Waals surface area contributed by atoms with Gasteiger partial charge in [0.2, 0.25) is 17.5 Å². The number of aliphatic carboxylic acids is 1. The molecule has 3 fully saturated rings. The molecule has 100 heavy (non-hydrogen) atoms. The first-order valence-corrected chi connectivity index (χ1v) is 35.9. The van der Waals surface area contributed by atoms with Gasteiger partial charge in [0.15, 0.2) is 5.78 Å². The molecule has 2 aromatic carbocycles. The number of aliphatic hydroxyl groups excluding tert-OH is 2. The maximum absolute atomic E-state index is 14.5. The Kier molecular flexibility index (Phi) is 32.8. The molecule has 0 radical (unpaired) electrons. The molecule has 3 aromatic rings. The summed E-state index contributed by atoms with van der Waals surface area (Å²) in [5.74, 6) is -8.75. The lowest BCUT2D eigenvalue weighted by Gasteiger charge is -2.42. The maximum Gasteiger partial charge on any atom is 0.329 e. The zero-order valence-corrected chi connectivity index (χ0v) is 61.1. The number of unbranched alkanes of at least 4 members (excludes halogenated alkanes) is 1. The number of fused-ring (bicyclic) bond motifs is 3. The van der Waals surface area contributed by atoms with Crippen molar-refractivity contribution in [3.63, 3.8) is 0 Å². The van der Waals surface area contributed by atoms with Gasteiger partial charge in [0, 0.05) is 77.0 Å². The van der Waals surface area contributed by atoms with E-state index in [0.717, 1.165) is 47.1 Å². The molecule has 1 aromatic heterocycles. The molecule has 0 spiro atoms. The van der Waals surface area contributed by atoms with Gasteiger partial charge < -0.3 is 58.6 Å². The normalized spacial score (nSPS) is 30.5. The number of carbonyl (C=O) groups is 7. The third kappa shape index (κ3) is 22.5. The van der Waals surface area contributed by atoms with E-state index in [-0.39, 0.29) is 92.5 Å². The minimum Gasteiger partial charge on any atom is -0.480 e. The van der Waals surface area contributed by atoms with Crippen LogP contribution < -0.4 is 0 Å². The summed E-state index contributed by atoms with van der Waals surface area (Å²) in [6, 6.07) is 13.6. The Morgan fingerprint density at radius 2 is 1.56 bits per heavy atom. The Hall–Kier alpha value is -6.96. The third-order valence-electron chi connectivity index (χ3n) is 20.3. The van der Waals surface area contributed by atoms with Crippen LogP contribution in [0.3, 0.4) is 0 Å². The minimum atomic E-state index is -2.43. The van der Waals surface area contributed by atoms with Crippen LogP contribution >= 0.6 is 0 Å². The number of tetrazole rings is 1. The molecule has 2 bridgehead atoms. The Balaban J connectivity index is 0.000000408. The van der Waals surface area contributed by atoms with Gasteiger partial charge in [-0.1, -0.05) is 147 Å². The number of rotatable bonds is 19. The van der Waals surface area contributed by atoms with Crippen LogP contribution in [0.5, 0.6) is 0 Å². The summed E-state index contributed by atoms with van der Waals surface area (Å²) < 4.78 is 35.6. The number of esters is 1. The Morgan fingerprint density at radius 3 is 2.20 bits per heavy atom. The molecule has 552 valence electrons. The van der Waals surface area contributed by atoms with E-state index in [2.05, 4.69) is 20.6 Å². The lowest BCUT2D eigenvalue weighted by molar-refractivity contribution is -0.265. The number of carboxylic acid groups (broad SMARTS) is 1. The SMILES string of the molecule is CCCCC(=O)N(Cc1ccc(-c2ccccc2-c2nn[nH]n2)cc1)[C@H](C(=O)O)C(C)C.CO[C@H]1C[C@@H]2CC[C@@H](C)[C@@](O)(O2)C(=O)C(=O)N2CCCC[C@H]2C(=O)O[C@H]([C@H](C)C[C@@H]2CC[C@@H](OCCO)[C@H](OC)C2)CC(=O)[C@H](C)/C=C(\C)[C@@H](O)[C@@H](OC)C(=O)[C@H](C)C[C@H](C)\C=C/C=C/C=C/1C. The molecule has 0 unspecified atom stereocenters. The van der Waals surface area contributed by atoms with Gasteiger partial charge in [0.1, 0.15) is 36.2 Å². The Morgan fingerprint density at radius 1 is 0.840 bits per heavy atom. The fourth-order valence-corrected chi connectivity index (χ4v) is 14.3. The first-order valence-electron chi connectivity index (χ1n) is 35.9. The third-order valence-corrected chi connectivity index (χ3v) is 20.3. The van der Waals surface area contributed by atoms with Crippen molar-refractivity contribution in [3.05, 3.63) is 102 Å². The largest absolute Gasteiger partial charge is 0.480 e. The fourth-order valence-electron chi connectivity index (χ4n) is 14.3. The summed E-state index contributed by atoms with van der Waals surface area (Å²) in [7, 11) is 4.58. The van der Waals surface area contributed by atoms with Crippen LogP contribution in [-0.2, 0) is 68.5 Å². The Labute approximate surface area is 590 Å². The van der Waals surface area contributed by atoms with E-state index in [4.69, 9.17) is 28.4 Å². The predicted molar refractivity (Wildman–Crippen MR) is 377 cm³/mol. The number of Topliss-reactive ketones (excluding diaryl/α,β-unsaturated/α-hetero) is 3. The molecule has 16 atom stereocenters. The minimum absolute atomic E-state index is 0.0158. The van der Waals surface area contributed by atoms with Crippen molar-refractivity contribution >= 4 is 41.1 Å². The molecular weight excluding hydrogens is 1280 g/mol. The van der Waals surface area contributed by atoms with Crippen molar-refractivity contribution in [2.24, 2.45) is 41.4 Å². The Bertz CT molecular complexity index is 3260. The average Bonchev–Trinajstić information content (AvgIpc) is 0.859. The summed E-state index contributed by atoms with van der Waals surface area (Å²) in [5.41, 5.74) is 4.93. The summed E-state index contributed by atoms with van der Waals surface area (Å²) >= 11 is 0. The molecule has 7 rings (SSSR count). The number of ketones is 3. The highest BCUT2D eigenvalue weighted by Crippen LogP contribution is 2.39. The van der Waals surface area contributed by atoms with Crippen LogP contribution in [0.4, 0.5) is 0 Å². The van der Waals surface area contributed by atoms with Crippen molar-refractivity contribution in [1.82, 2.24) is 30.4 Å². The van der Waals surface area contributed by atoms with Crippen LogP contribution in [-0.4, -0.2) is 194 Å². The topological polar surface area (TPSA) is 317 Å². The van der Waals surface area contributed by atoms with Crippen LogP contribution in [0.25, 0.3) is 22.5 Å². The molecule has 2 amide bonds.